The van der Waals surface area contributed by atoms with Gasteiger partial charge in [0.05, 0.1) is 29.7 Å². The number of hydrogen-bond donors (Lipinski definition) is 1. The number of nitrogens with one attached hydrogen (secondary N) is 1. The molecule has 3 heterocycles. The number of carbonyl (C=O) groups excluding carboxylic acids is 5. The van der Waals surface area contributed by atoms with Crippen LogP contribution in [0.1, 0.15) is 92.1 Å². The smallest absolute Gasteiger partial charge is 0.409 e. The van der Waals surface area contributed by atoms with Crippen LogP contribution >= 0.6 is 7.60 Å². The van der Waals surface area contributed by atoms with Gasteiger partial charge in [-0.1, -0.05) is 43.7 Å². The van der Waals surface area contributed by atoms with Crippen molar-refractivity contribution in [3.05, 3.63) is 42.1 Å². The summed E-state index contributed by atoms with van der Waals surface area (Å²) in [4.78, 5) is 81.6. The molecule has 0 aliphatic carbocycles. The van der Waals surface area contributed by atoms with Crippen molar-refractivity contribution in [2.75, 3.05) is 64.0 Å². The molecule has 2 aromatic rings. The van der Waals surface area contributed by atoms with E-state index in [9.17, 15) is 28.5 Å². The first-order chi connectivity index (χ1) is 28.6. The lowest BCUT2D eigenvalue weighted by molar-refractivity contribution is -0.177. The molecule has 3 amide bonds. The first kappa shape index (κ1) is 49.0. The minimum atomic E-state index is -4.65. The number of hydrogen-bond acceptors (Lipinski definition) is 15. The third-order valence-corrected chi connectivity index (χ3v) is 11.8. The maximum atomic E-state index is 14.9. The zero-order valence-electron chi connectivity index (χ0n) is 37.1. The van der Waals surface area contributed by atoms with Crippen molar-refractivity contribution in [2.45, 2.75) is 106 Å². The fraction of sp³-hybridized carbons (Fsp3) is 0.643. The Bertz CT molecular complexity index is 1840. The Morgan fingerprint density at radius 2 is 1.43 bits per heavy atom. The quantitative estimate of drug-likeness (QED) is 0.0671. The molecular weight excluding hydrogens is 811 g/mol. The summed E-state index contributed by atoms with van der Waals surface area (Å²) in [5.41, 5.74) is -1.35. The average Bonchev–Trinajstić information content (AvgIpc) is 3.69. The molecule has 2 fully saturated rings. The fourth-order valence-electron chi connectivity index (χ4n) is 6.19. The van der Waals surface area contributed by atoms with Crippen LogP contribution in [-0.4, -0.2) is 133 Å². The molecule has 1 N–H and O–H groups in total. The van der Waals surface area contributed by atoms with Gasteiger partial charge in [-0.15, -0.1) is 0 Å². The molecule has 61 heavy (non-hydrogen) atoms. The molecule has 0 saturated carbocycles. The highest BCUT2D eigenvalue weighted by atomic mass is 31.2. The minimum Gasteiger partial charge on any atom is -0.449 e. The Hall–Kier alpha value is -4.64. The van der Waals surface area contributed by atoms with Crippen molar-refractivity contribution in [2.24, 2.45) is 10.8 Å². The lowest BCUT2D eigenvalue weighted by Crippen LogP contribution is -2.57. The number of amides is 3. The van der Waals surface area contributed by atoms with Crippen LogP contribution in [0.2, 0.25) is 0 Å². The van der Waals surface area contributed by atoms with Crippen LogP contribution in [0.15, 0.2) is 36.4 Å². The predicted octanol–water partition coefficient (Wildman–Crippen LogP) is 5.64. The monoisotopic (exact) mass is 874 g/mol. The van der Waals surface area contributed by atoms with Crippen molar-refractivity contribution in [1.29, 1.82) is 0 Å². The van der Waals surface area contributed by atoms with Gasteiger partial charge in [0.2, 0.25) is 18.5 Å². The van der Waals surface area contributed by atoms with Gasteiger partial charge in [0.15, 0.2) is 5.82 Å². The van der Waals surface area contributed by atoms with Gasteiger partial charge in [0, 0.05) is 58.0 Å². The summed E-state index contributed by atoms with van der Waals surface area (Å²) in [6, 6.07) is 9.01. The van der Waals surface area contributed by atoms with Gasteiger partial charge in [-0.3, -0.25) is 32.8 Å². The van der Waals surface area contributed by atoms with E-state index in [1.54, 1.807) is 60.8 Å². The van der Waals surface area contributed by atoms with Gasteiger partial charge < -0.3 is 39.0 Å². The molecule has 2 aliphatic rings. The Kier molecular flexibility index (Phi) is 17.2. The predicted molar refractivity (Wildman–Crippen MR) is 225 cm³/mol. The van der Waals surface area contributed by atoms with Gasteiger partial charge in [-0.25, -0.2) is 14.8 Å². The molecular formula is C42H63N6O12P. The first-order valence-corrected chi connectivity index (χ1v) is 22.5. The van der Waals surface area contributed by atoms with Gasteiger partial charge in [-0.2, -0.15) is 0 Å². The number of rotatable bonds is 17. The second-order valence-corrected chi connectivity index (χ2v) is 19.2. The summed E-state index contributed by atoms with van der Waals surface area (Å²) in [7, 11) is -3.02. The third kappa shape index (κ3) is 14.5. The highest BCUT2D eigenvalue weighted by Crippen LogP contribution is 2.52. The number of ether oxygens (including phenoxy) is 4. The third-order valence-electron chi connectivity index (χ3n) is 9.75. The lowest BCUT2D eigenvalue weighted by atomic mass is 9.97. The molecule has 1 aromatic heterocycles. The first-order valence-electron chi connectivity index (χ1n) is 20.7. The molecule has 1 aromatic carbocycles. The number of unbranched alkanes of at least 4 members (excludes halogenated alkanes) is 1. The highest BCUT2D eigenvalue weighted by molar-refractivity contribution is 7.54. The summed E-state index contributed by atoms with van der Waals surface area (Å²) in [5.74, 6) is -2.09. The number of aromatic nitrogens is 2. The van der Waals surface area contributed by atoms with E-state index < -0.39 is 73.1 Å². The Labute approximate surface area is 358 Å². The van der Waals surface area contributed by atoms with Crippen LogP contribution in [-0.2, 0) is 46.9 Å². The number of carbonyl (C=O) groups is 5. The van der Waals surface area contributed by atoms with E-state index in [1.807, 2.05) is 30.0 Å². The number of methoxy groups -OCH3 is 1. The molecule has 19 heteroatoms. The molecule has 0 radical (unpaired) electrons. The number of nitrogens with zero attached hydrogens (tertiary/aromatic N) is 5. The van der Waals surface area contributed by atoms with E-state index in [0.717, 1.165) is 12.8 Å². The zero-order valence-corrected chi connectivity index (χ0v) is 38.0. The number of anilines is 1. The summed E-state index contributed by atoms with van der Waals surface area (Å²) in [5, 5.41) is 2.73. The maximum absolute atomic E-state index is 14.9. The number of piperazine rings is 1. The molecule has 4 atom stereocenters. The van der Waals surface area contributed by atoms with Crippen molar-refractivity contribution < 1.29 is 56.5 Å². The number of benzene rings is 1. The van der Waals surface area contributed by atoms with Crippen LogP contribution in [0.4, 0.5) is 10.6 Å². The molecule has 18 nitrogen and oxygen atoms in total. The Morgan fingerprint density at radius 1 is 0.852 bits per heavy atom. The Morgan fingerprint density at radius 3 is 1.95 bits per heavy atom. The van der Waals surface area contributed by atoms with E-state index in [4.69, 9.17) is 33.0 Å². The lowest BCUT2D eigenvalue weighted by Gasteiger charge is -2.36. The van der Waals surface area contributed by atoms with Crippen LogP contribution < -0.4 is 10.2 Å². The van der Waals surface area contributed by atoms with Gasteiger partial charge >= 0.3 is 25.6 Å². The van der Waals surface area contributed by atoms with E-state index in [0.29, 0.717) is 30.9 Å². The molecule has 2 aliphatic heterocycles. The fourth-order valence-corrected chi connectivity index (χ4v) is 8.09. The van der Waals surface area contributed by atoms with Crippen molar-refractivity contribution in [3.63, 3.8) is 0 Å². The molecule has 4 rings (SSSR count). The van der Waals surface area contributed by atoms with Crippen LogP contribution in [0.5, 0.6) is 0 Å². The molecule has 338 valence electrons. The summed E-state index contributed by atoms with van der Waals surface area (Å²) in [6.07, 6.45) is -1.95. The zero-order chi connectivity index (χ0) is 45.1. The standard InChI is InChI=1S/C42H63N6O12P/c1-11-12-24-56-40(53)47-22-20-46(21-23-47)37(50)33(27-61(54,59-28(2)57-38(51)41(4,5)6)60-29(3)58-39(52)42(7,8)9)44-36(49)32-25-34(48-19-18-31(26-48)55-10)45-35(43-32)30-16-14-13-15-17-30/h13-17,25,28-29,31,33H,11-12,18-24,26-27H2,1-10H3,(H,44,49)/t28?,29?,31-,33-,61?/m0/s1. The summed E-state index contributed by atoms with van der Waals surface area (Å²) >= 11 is 0. The number of esters is 2. The van der Waals surface area contributed by atoms with Gasteiger partial charge in [0.1, 0.15) is 17.6 Å². The van der Waals surface area contributed by atoms with E-state index >= 15 is 0 Å². The van der Waals surface area contributed by atoms with E-state index in [1.165, 1.54) is 29.7 Å². The van der Waals surface area contributed by atoms with Crippen molar-refractivity contribution >= 4 is 43.3 Å². The summed E-state index contributed by atoms with van der Waals surface area (Å²) < 4.78 is 48.5. The van der Waals surface area contributed by atoms with Gasteiger partial charge in [-0.05, 0) is 68.2 Å². The van der Waals surface area contributed by atoms with Crippen LogP contribution in [0, 0.1) is 10.8 Å². The largest absolute Gasteiger partial charge is 0.449 e. The molecule has 2 unspecified atom stereocenters. The topological polar surface area (TPSA) is 205 Å². The van der Waals surface area contributed by atoms with Gasteiger partial charge in [0.25, 0.3) is 5.91 Å². The Balaban J connectivity index is 1.72. The summed E-state index contributed by atoms with van der Waals surface area (Å²) in [6.45, 7) is 16.2. The van der Waals surface area contributed by atoms with Crippen LogP contribution in [0.25, 0.3) is 11.4 Å². The SMILES string of the molecule is CCCCOC(=O)N1CCN(C(=O)[C@H](CP(=O)(OC(C)OC(=O)C(C)(C)C)OC(C)OC(=O)C(C)(C)C)NC(=O)c2cc(N3CC[C@H](OC)C3)nc(-c3ccccc3)n2)CC1. The van der Waals surface area contributed by atoms with E-state index in [2.05, 4.69) is 10.3 Å². The molecule has 0 spiro atoms. The van der Waals surface area contributed by atoms with Crippen molar-refractivity contribution in [3.8, 4) is 11.4 Å². The van der Waals surface area contributed by atoms with E-state index in [-0.39, 0.29) is 50.4 Å². The second kappa shape index (κ2) is 21.4. The normalized spacial score (nSPS) is 18.4. The molecule has 0 bridgehead atoms. The maximum Gasteiger partial charge on any atom is 0.409 e. The second-order valence-electron chi connectivity index (χ2n) is 17.1. The minimum absolute atomic E-state index is 0.0441. The van der Waals surface area contributed by atoms with Crippen molar-refractivity contribution in [1.82, 2.24) is 25.1 Å². The molecule has 2 saturated heterocycles. The van der Waals surface area contributed by atoms with Crippen LogP contribution in [0.3, 0.4) is 0 Å². The highest BCUT2D eigenvalue weighted by Gasteiger charge is 2.42. The average molecular weight is 875 g/mol.